The van der Waals surface area contributed by atoms with Crippen molar-refractivity contribution in [2.45, 2.75) is 13.5 Å². The summed E-state index contributed by atoms with van der Waals surface area (Å²) in [4.78, 5) is 23.9. The second kappa shape index (κ2) is 7.75. The first kappa shape index (κ1) is 20.4. The SMILES string of the molecule is Cc1cc2oc(=O)n(C(F)F)c2cc1-c1ccc(NC(=O)c2c(F)cccc2F)cc1. The zero-order valence-corrected chi connectivity index (χ0v) is 16.0. The Morgan fingerprint density at radius 3 is 2.29 bits per heavy atom. The average Bonchev–Trinajstić information content (AvgIpc) is 3.02. The van der Waals surface area contributed by atoms with E-state index in [1.165, 1.54) is 24.3 Å². The quantitative estimate of drug-likeness (QED) is 0.435. The zero-order chi connectivity index (χ0) is 22.3. The third kappa shape index (κ3) is 3.70. The Hall–Kier alpha value is -3.88. The summed E-state index contributed by atoms with van der Waals surface area (Å²) in [6.07, 6.45) is 0. The standard InChI is InChI=1S/C22H14F4N2O3/c1-11-9-18-17(28(21(25)26)22(30)31-18)10-14(11)12-5-7-13(8-6-12)27-20(29)19-15(23)3-2-4-16(19)24/h2-10,21H,1H3,(H,27,29). The minimum absolute atomic E-state index is 0.0438. The maximum atomic E-state index is 13.8. The van der Waals surface area contributed by atoms with Crippen LogP contribution in [0.3, 0.4) is 0 Å². The van der Waals surface area contributed by atoms with Gasteiger partial charge in [-0.1, -0.05) is 18.2 Å². The highest BCUT2D eigenvalue weighted by atomic mass is 19.3. The highest BCUT2D eigenvalue weighted by molar-refractivity contribution is 6.04. The van der Waals surface area contributed by atoms with Crippen LogP contribution in [0.4, 0.5) is 23.2 Å². The number of benzene rings is 3. The average molecular weight is 430 g/mol. The van der Waals surface area contributed by atoms with Crippen LogP contribution < -0.4 is 11.1 Å². The van der Waals surface area contributed by atoms with Crippen molar-refractivity contribution in [2.24, 2.45) is 0 Å². The molecule has 0 aliphatic heterocycles. The highest BCUT2D eigenvalue weighted by Crippen LogP contribution is 2.30. The monoisotopic (exact) mass is 430 g/mol. The van der Waals surface area contributed by atoms with Crippen molar-refractivity contribution in [1.82, 2.24) is 4.57 Å². The second-order valence-electron chi connectivity index (χ2n) is 6.78. The molecule has 0 saturated carbocycles. The van der Waals surface area contributed by atoms with Gasteiger partial charge in [0.15, 0.2) is 5.58 Å². The minimum atomic E-state index is -3.05. The van der Waals surface area contributed by atoms with Crippen molar-refractivity contribution >= 4 is 22.7 Å². The number of oxazole rings is 1. The molecule has 0 aliphatic carbocycles. The van der Waals surface area contributed by atoms with Crippen molar-refractivity contribution in [3.05, 3.63) is 87.9 Å². The first-order chi connectivity index (χ1) is 14.8. The molecule has 31 heavy (non-hydrogen) atoms. The van der Waals surface area contributed by atoms with Crippen molar-refractivity contribution in [3.8, 4) is 11.1 Å². The topological polar surface area (TPSA) is 64.2 Å². The smallest absolute Gasteiger partial charge is 0.408 e. The number of hydrogen-bond acceptors (Lipinski definition) is 3. The molecule has 4 aromatic rings. The van der Waals surface area contributed by atoms with Gasteiger partial charge in [0.25, 0.3) is 5.91 Å². The van der Waals surface area contributed by atoms with Gasteiger partial charge in [0.05, 0.1) is 5.52 Å². The van der Waals surface area contributed by atoms with E-state index in [1.54, 1.807) is 19.1 Å². The number of alkyl halides is 2. The number of hydrogen-bond donors (Lipinski definition) is 1. The van der Waals surface area contributed by atoms with E-state index in [2.05, 4.69) is 5.32 Å². The van der Waals surface area contributed by atoms with E-state index < -0.39 is 35.4 Å². The number of aromatic nitrogens is 1. The lowest BCUT2D eigenvalue weighted by Gasteiger charge is -2.10. The number of aryl methyl sites for hydroxylation is 1. The molecule has 0 spiro atoms. The summed E-state index contributed by atoms with van der Waals surface area (Å²) in [6.45, 7) is -1.33. The van der Waals surface area contributed by atoms with Gasteiger partial charge < -0.3 is 9.73 Å². The zero-order valence-electron chi connectivity index (χ0n) is 16.0. The Kier molecular flexibility index (Phi) is 5.10. The van der Waals surface area contributed by atoms with E-state index in [-0.39, 0.29) is 21.4 Å². The van der Waals surface area contributed by atoms with Crippen molar-refractivity contribution < 1.29 is 26.8 Å². The predicted octanol–water partition coefficient (Wildman–Crippen LogP) is 5.50. The predicted molar refractivity (Wildman–Crippen MR) is 106 cm³/mol. The van der Waals surface area contributed by atoms with Crippen molar-refractivity contribution in [3.63, 3.8) is 0 Å². The minimum Gasteiger partial charge on any atom is -0.408 e. The molecule has 0 bridgehead atoms. The van der Waals surface area contributed by atoms with E-state index in [4.69, 9.17) is 4.42 Å². The molecule has 1 aromatic heterocycles. The van der Waals surface area contributed by atoms with Gasteiger partial charge in [-0.15, -0.1) is 0 Å². The van der Waals surface area contributed by atoms with E-state index >= 15 is 0 Å². The van der Waals surface area contributed by atoms with Gasteiger partial charge in [-0.2, -0.15) is 8.78 Å². The second-order valence-corrected chi connectivity index (χ2v) is 6.78. The number of rotatable bonds is 4. The van der Waals surface area contributed by atoms with Gasteiger partial charge in [0, 0.05) is 5.69 Å². The molecule has 1 heterocycles. The van der Waals surface area contributed by atoms with Crippen LogP contribution in [0.15, 0.2) is 63.8 Å². The normalized spacial score (nSPS) is 11.3. The molecule has 5 nitrogen and oxygen atoms in total. The number of carbonyl (C=O) groups excluding carboxylic acids is 1. The maximum Gasteiger partial charge on any atom is 0.424 e. The third-order valence-corrected chi connectivity index (χ3v) is 4.80. The lowest BCUT2D eigenvalue weighted by atomic mass is 9.99. The highest BCUT2D eigenvalue weighted by Gasteiger charge is 2.19. The van der Waals surface area contributed by atoms with Crippen LogP contribution in [0.25, 0.3) is 22.2 Å². The number of fused-ring (bicyclic) bond motifs is 1. The Labute approximate surface area is 172 Å². The van der Waals surface area contributed by atoms with Crippen LogP contribution in [0, 0.1) is 18.6 Å². The lowest BCUT2D eigenvalue weighted by Crippen LogP contribution is -2.15. The van der Waals surface area contributed by atoms with Crippen LogP contribution in [0.2, 0.25) is 0 Å². The molecule has 0 radical (unpaired) electrons. The fraction of sp³-hybridized carbons (Fsp3) is 0.0909. The maximum absolute atomic E-state index is 13.8. The summed E-state index contributed by atoms with van der Waals surface area (Å²) >= 11 is 0. The molecular formula is C22H14F4N2O3. The molecule has 158 valence electrons. The molecule has 0 fully saturated rings. The molecule has 0 aliphatic rings. The Balaban J connectivity index is 1.66. The summed E-state index contributed by atoms with van der Waals surface area (Å²) in [6, 6.07) is 12.2. The van der Waals surface area contributed by atoms with Gasteiger partial charge in [0.2, 0.25) is 0 Å². The number of carbonyl (C=O) groups is 1. The number of halogens is 4. The van der Waals surface area contributed by atoms with Gasteiger partial charge >= 0.3 is 12.3 Å². The van der Waals surface area contributed by atoms with Gasteiger partial charge in [0.1, 0.15) is 17.2 Å². The number of anilines is 1. The fourth-order valence-corrected chi connectivity index (χ4v) is 3.32. The third-order valence-electron chi connectivity index (χ3n) is 4.80. The number of amides is 1. The Morgan fingerprint density at radius 1 is 1.03 bits per heavy atom. The van der Waals surface area contributed by atoms with Crippen LogP contribution in [-0.2, 0) is 0 Å². The summed E-state index contributed by atoms with van der Waals surface area (Å²) < 4.78 is 59.1. The molecule has 4 rings (SSSR count). The summed E-state index contributed by atoms with van der Waals surface area (Å²) in [7, 11) is 0. The van der Waals surface area contributed by atoms with Crippen LogP contribution in [0.1, 0.15) is 22.5 Å². The molecule has 3 aromatic carbocycles. The summed E-state index contributed by atoms with van der Waals surface area (Å²) in [5, 5.41) is 2.41. The van der Waals surface area contributed by atoms with Gasteiger partial charge in [-0.05, 0) is 60.0 Å². The van der Waals surface area contributed by atoms with E-state index in [0.717, 1.165) is 18.2 Å². The van der Waals surface area contributed by atoms with E-state index in [1.807, 2.05) is 0 Å². The Bertz CT molecular complexity index is 1340. The number of nitrogens with zero attached hydrogens (tertiary/aromatic N) is 1. The molecule has 1 N–H and O–H groups in total. The van der Waals surface area contributed by atoms with Crippen LogP contribution in [-0.4, -0.2) is 10.5 Å². The van der Waals surface area contributed by atoms with E-state index in [9.17, 15) is 27.2 Å². The summed E-state index contributed by atoms with van der Waals surface area (Å²) in [5.41, 5.74) is 1.44. The first-order valence-corrected chi connectivity index (χ1v) is 9.06. The first-order valence-electron chi connectivity index (χ1n) is 9.06. The van der Waals surface area contributed by atoms with Gasteiger partial charge in [-0.25, -0.2) is 18.1 Å². The Morgan fingerprint density at radius 2 is 1.68 bits per heavy atom. The van der Waals surface area contributed by atoms with Crippen LogP contribution in [0.5, 0.6) is 0 Å². The van der Waals surface area contributed by atoms with E-state index in [0.29, 0.717) is 16.7 Å². The molecule has 1 amide bonds. The lowest BCUT2D eigenvalue weighted by molar-refractivity contribution is 0.0670. The molecular weight excluding hydrogens is 416 g/mol. The number of nitrogens with one attached hydrogen (secondary N) is 1. The van der Waals surface area contributed by atoms with Crippen molar-refractivity contribution in [1.29, 1.82) is 0 Å². The fourth-order valence-electron chi connectivity index (χ4n) is 3.32. The van der Waals surface area contributed by atoms with Gasteiger partial charge in [-0.3, -0.25) is 4.79 Å². The molecule has 0 unspecified atom stereocenters. The largest absolute Gasteiger partial charge is 0.424 e. The molecule has 0 saturated heterocycles. The molecule has 0 atom stereocenters. The van der Waals surface area contributed by atoms with Crippen LogP contribution >= 0.6 is 0 Å². The van der Waals surface area contributed by atoms with Crippen molar-refractivity contribution in [2.75, 3.05) is 5.32 Å². The molecule has 9 heteroatoms. The summed E-state index contributed by atoms with van der Waals surface area (Å²) in [5.74, 6) is -4.06.